The van der Waals surface area contributed by atoms with Crippen molar-refractivity contribution in [1.29, 1.82) is 0 Å². The van der Waals surface area contributed by atoms with E-state index in [1.807, 2.05) is 48.2 Å². The van der Waals surface area contributed by atoms with E-state index in [0.717, 1.165) is 48.0 Å². The van der Waals surface area contributed by atoms with Crippen LogP contribution in [-0.4, -0.2) is 42.9 Å². The molecule has 1 aromatic carbocycles. The van der Waals surface area contributed by atoms with Crippen LogP contribution in [0, 0.1) is 0 Å². The maximum Gasteiger partial charge on any atom is 0.150 e. The van der Waals surface area contributed by atoms with Crippen molar-refractivity contribution in [3.63, 3.8) is 0 Å². The minimum Gasteiger partial charge on any atom is -0.486 e. The van der Waals surface area contributed by atoms with Crippen LogP contribution in [0.4, 0.5) is 0 Å². The Bertz CT molecular complexity index is 1360. The fourth-order valence-corrected chi connectivity index (χ4v) is 5.09. The second-order valence-electron chi connectivity index (χ2n) is 8.70. The minimum atomic E-state index is -0.376. The van der Waals surface area contributed by atoms with E-state index in [2.05, 4.69) is 10.1 Å². The highest BCUT2D eigenvalue weighted by Crippen LogP contribution is 2.35. The first kappa shape index (κ1) is 24.8. The first-order valence-corrected chi connectivity index (χ1v) is 12.7. The van der Waals surface area contributed by atoms with Crippen LogP contribution < -0.4 is 4.74 Å². The number of pyridine rings is 1. The Kier molecular flexibility index (Phi) is 7.57. The van der Waals surface area contributed by atoms with E-state index >= 15 is 0 Å². The number of aliphatic hydroxyl groups excluding tert-OH is 1. The molecular formula is C26H27Cl2N5O3. The SMILES string of the molecule is CC(Oc1ccc2c(c1)c(/C=C/c1cnn(CCO)c1)nn2C1CCCCO1)c1c(Cl)cncc1Cl. The summed E-state index contributed by atoms with van der Waals surface area (Å²) in [6.45, 7) is 3.13. The number of rotatable bonds is 8. The largest absolute Gasteiger partial charge is 0.486 e. The number of aromatic nitrogens is 5. The average Bonchev–Trinajstić information content (AvgIpc) is 3.47. The maximum atomic E-state index is 9.14. The van der Waals surface area contributed by atoms with Gasteiger partial charge in [-0.2, -0.15) is 10.2 Å². The van der Waals surface area contributed by atoms with Gasteiger partial charge in [-0.05, 0) is 56.5 Å². The van der Waals surface area contributed by atoms with Gasteiger partial charge < -0.3 is 14.6 Å². The third-order valence-electron chi connectivity index (χ3n) is 6.16. The molecule has 2 atom stereocenters. The maximum absolute atomic E-state index is 9.14. The van der Waals surface area contributed by atoms with Crippen molar-refractivity contribution in [3.8, 4) is 5.75 Å². The first-order chi connectivity index (χ1) is 17.5. The fraction of sp³-hybridized carbons (Fsp3) is 0.346. The normalized spacial score (nSPS) is 17.2. The molecule has 3 aromatic heterocycles. The van der Waals surface area contributed by atoms with Gasteiger partial charge in [0.2, 0.25) is 0 Å². The number of halogens is 2. The Morgan fingerprint density at radius 2 is 2.03 bits per heavy atom. The summed E-state index contributed by atoms with van der Waals surface area (Å²) >= 11 is 12.7. The lowest BCUT2D eigenvalue weighted by Crippen LogP contribution is -2.19. The molecule has 1 aliphatic rings. The van der Waals surface area contributed by atoms with Gasteiger partial charge in [0.1, 0.15) is 11.9 Å². The molecule has 0 bridgehead atoms. The highest BCUT2D eigenvalue weighted by molar-refractivity contribution is 6.35. The Labute approximate surface area is 219 Å². The van der Waals surface area contributed by atoms with Crippen molar-refractivity contribution in [2.75, 3.05) is 13.2 Å². The molecule has 36 heavy (non-hydrogen) atoms. The standard InChI is InChI=1S/C26H27Cl2N5O3/c1-17(26-21(27)14-29-15-22(26)28)36-19-6-8-24-20(12-19)23(31-33(24)25-4-2-3-11-35-25)7-5-18-13-30-32(16-18)9-10-34/h5-8,12-17,25,34H,2-4,9-11H2,1H3/b7-5+. The van der Waals surface area contributed by atoms with E-state index in [0.29, 0.717) is 27.9 Å². The fourth-order valence-electron chi connectivity index (χ4n) is 4.41. The van der Waals surface area contributed by atoms with E-state index in [-0.39, 0.29) is 18.9 Å². The van der Waals surface area contributed by atoms with Crippen LogP contribution in [0.25, 0.3) is 23.1 Å². The summed E-state index contributed by atoms with van der Waals surface area (Å²) < 4.78 is 15.9. The van der Waals surface area contributed by atoms with Crippen LogP contribution in [0.5, 0.6) is 5.75 Å². The van der Waals surface area contributed by atoms with Gasteiger partial charge in [0.15, 0.2) is 6.23 Å². The van der Waals surface area contributed by atoms with Crippen molar-refractivity contribution in [2.45, 2.75) is 45.1 Å². The molecule has 1 saturated heterocycles. The molecule has 0 saturated carbocycles. The lowest BCUT2D eigenvalue weighted by atomic mass is 10.1. The van der Waals surface area contributed by atoms with E-state index < -0.39 is 0 Å². The highest BCUT2D eigenvalue weighted by atomic mass is 35.5. The zero-order valence-electron chi connectivity index (χ0n) is 19.8. The second-order valence-corrected chi connectivity index (χ2v) is 9.51. The highest BCUT2D eigenvalue weighted by Gasteiger charge is 2.22. The van der Waals surface area contributed by atoms with Crippen molar-refractivity contribution in [2.24, 2.45) is 0 Å². The Balaban J connectivity index is 1.49. The van der Waals surface area contributed by atoms with Crippen LogP contribution >= 0.6 is 23.2 Å². The Morgan fingerprint density at radius 1 is 1.19 bits per heavy atom. The minimum absolute atomic E-state index is 0.0401. The summed E-state index contributed by atoms with van der Waals surface area (Å²) in [5.41, 5.74) is 3.38. The molecule has 10 heteroatoms. The molecule has 4 heterocycles. The van der Waals surface area contributed by atoms with Crippen LogP contribution in [0.2, 0.25) is 10.0 Å². The van der Waals surface area contributed by atoms with E-state index in [1.54, 1.807) is 23.3 Å². The predicted octanol–water partition coefficient (Wildman–Crippen LogP) is 5.94. The number of aliphatic hydroxyl groups is 1. The first-order valence-electron chi connectivity index (χ1n) is 11.9. The second kappa shape index (κ2) is 11.0. The molecule has 0 radical (unpaired) electrons. The average molecular weight is 528 g/mol. The molecule has 1 fully saturated rings. The molecule has 1 aliphatic heterocycles. The van der Waals surface area contributed by atoms with Crippen molar-refractivity contribution >= 4 is 46.3 Å². The summed E-state index contributed by atoms with van der Waals surface area (Å²) in [7, 11) is 0. The Morgan fingerprint density at radius 3 is 2.78 bits per heavy atom. The molecule has 188 valence electrons. The number of ether oxygens (including phenoxy) is 2. The summed E-state index contributed by atoms with van der Waals surface area (Å²) in [5.74, 6) is 0.675. The summed E-state index contributed by atoms with van der Waals surface area (Å²) in [4.78, 5) is 4.02. The van der Waals surface area contributed by atoms with Gasteiger partial charge in [0.05, 0.1) is 40.6 Å². The van der Waals surface area contributed by atoms with Gasteiger partial charge in [0.25, 0.3) is 0 Å². The summed E-state index contributed by atoms with van der Waals surface area (Å²) in [6, 6.07) is 5.92. The van der Waals surface area contributed by atoms with Crippen LogP contribution in [0.3, 0.4) is 0 Å². The molecule has 0 aliphatic carbocycles. The summed E-state index contributed by atoms with van der Waals surface area (Å²) in [5, 5.41) is 20.2. The number of fused-ring (bicyclic) bond motifs is 1. The van der Waals surface area contributed by atoms with E-state index in [4.69, 9.17) is 42.9 Å². The molecule has 5 rings (SSSR count). The van der Waals surface area contributed by atoms with Gasteiger partial charge in [-0.3, -0.25) is 9.67 Å². The van der Waals surface area contributed by atoms with Crippen molar-refractivity contribution < 1.29 is 14.6 Å². The van der Waals surface area contributed by atoms with Gasteiger partial charge in [-0.15, -0.1) is 0 Å². The number of hydrogen-bond acceptors (Lipinski definition) is 6. The van der Waals surface area contributed by atoms with Gasteiger partial charge in [-0.25, -0.2) is 4.68 Å². The smallest absolute Gasteiger partial charge is 0.150 e. The van der Waals surface area contributed by atoms with E-state index in [9.17, 15) is 0 Å². The summed E-state index contributed by atoms with van der Waals surface area (Å²) in [6.07, 6.45) is 13.3. The molecule has 4 aromatic rings. The van der Waals surface area contributed by atoms with Gasteiger partial charge in [0, 0.05) is 41.7 Å². The lowest BCUT2D eigenvalue weighted by molar-refractivity contribution is -0.0367. The number of nitrogens with zero attached hydrogens (tertiary/aromatic N) is 5. The number of hydrogen-bond donors (Lipinski definition) is 1. The third kappa shape index (κ3) is 5.27. The Hall–Kier alpha value is -2.91. The molecule has 2 unspecified atom stereocenters. The van der Waals surface area contributed by atoms with Crippen molar-refractivity contribution in [3.05, 3.63) is 69.9 Å². The van der Waals surface area contributed by atoms with Gasteiger partial charge >= 0.3 is 0 Å². The zero-order valence-corrected chi connectivity index (χ0v) is 21.4. The zero-order chi connectivity index (χ0) is 25.1. The van der Waals surface area contributed by atoms with Gasteiger partial charge in [-0.1, -0.05) is 23.2 Å². The molecule has 1 N–H and O–H groups in total. The predicted molar refractivity (Wildman–Crippen MR) is 140 cm³/mol. The van der Waals surface area contributed by atoms with E-state index in [1.165, 1.54) is 0 Å². The number of benzene rings is 1. The monoisotopic (exact) mass is 527 g/mol. The van der Waals surface area contributed by atoms with Crippen LogP contribution in [0.1, 0.15) is 55.3 Å². The molecular weight excluding hydrogens is 501 g/mol. The topological polar surface area (TPSA) is 87.2 Å². The third-order valence-corrected chi connectivity index (χ3v) is 6.76. The van der Waals surface area contributed by atoms with Crippen LogP contribution in [0.15, 0.2) is 43.0 Å². The quantitative estimate of drug-likeness (QED) is 0.305. The molecule has 0 amide bonds. The lowest BCUT2D eigenvalue weighted by Gasteiger charge is -2.23. The van der Waals surface area contributed by atoms with Crippen LogP contribution in [-0.2, 0) is 11.3 Å². The van der Waals surface area contributed by atoms with Crippen molar-refractivity contribution in [1.82, 2.24) is 24.5 Å². The molecule has 0 spiro atoms. The molecule has 8 nitrogen and oxygen atoms in total.